The Labute approximate surface area is 110 Å². The molecule has 2 aliphatic heterocycles. The zero-order valence-corrected chi connectivity index (χ0v) is 11.4. The van der Waals surface area contributed by atoms with Crippen molar-refractivity contribution in [2.24, 2.45) is 0 Å². The molecule has 3 heterocycles. The Balaban J connectivity index is 1.59. The molecule has 17 heavy (non-hydrogen) atoms. The van der Waals surface area contributed by atoms with Crippen LogP contribution >= 0.6 is 15.9 Å². The first-order valence-corrected chi connectivity index (χ1v) is 7.06. The van der Waals surface area contributed by atoms with Crippen molar-refractivity contribution < 1.29 is 4.74 Å². The summed E-state index contributed by atoms with van der Waals surface area (Å²) < 4.78 is 6.50. The van der Waals surface area contributed by atoms with Gasteiger partial charge in [0.1, 0.15) is 4.60 Å². The Morgan fingerprint density at radius 3 is 2.71 bits per heavy atom. The Morgan fingerprint density at radius 1 is 1.29 bits per heavy atom. The first-order chi connectivity index (χ1) is 8.33. The molecule has 0 aliphatic carbocycles. The normalized spacial score (nSPS) is 28.5. The third-order valence-corrected chi connectivity index (χ3v) is 4.31. The largest absolute Gasteiger partial charge is 0.378 e. The number of fused-ring (bicyclic) bond motifs is 2. The standard InChI is InChI=1S/C13H17BrN2O/c14-13-4-1-10(7-15-13)5-6-16-11-2-3-12(16)9-17-8-11/h1,4,7,11-12H,2-3,5-6,8-9H2. The molecular formula is C13H17BrN2O. The van der Waals surface area contributed by atoms with Crippen molar-refractivity contribution in [2.45, 2.75) is 31.3 Å². The average molecular weight is 297 g/mol. The van der Waals surface area contributed by atoms with E-state index in [9.17, 15) is 0 Å². The maximum Gasteiger partial charge on any atom is 0.106 e. The van der Waals surface area contributed by atoms with Crippen LogP contribution in [0.25, 0.3) is 0 Å². The predicted molar refractivity (Wildman–Crippen MR) is 70.0 cm³/mol. The van der Waals surface area contributed by atoms with Crippen molar-refractivity contribution in [3.63, 3.8) is 0 Å². The number of hydrogen-bond acceptors (Lipinski definition) is 3. The number of halogens is 1. The highest BCUT2D eigenvalue weighted by molar-refractivity contribution is 9.10. The van der Waals surface area contributed by atoms with Crippen LogP contribution in [-0.4, -0.2) is 41.7 Å². The molecule has 3 rings (SSSR count). The molecule has 4 heteroatoms. The molecule has 2 bridgehead atoms. The van der Waals surface area contributed by atoms with Crippen molar-refractivity contribution in [1.29, 1.82) is 0 Å². The first-order valence-electron chi connectivity index (χ1n) is 6.27. The van der Waals surface area contributed by atoms with Gasteiger partial charge in [-0.15, -0.1) is 0 Å². The zero-order chi connectivity index (χ0) is 11.7. The zero-order valence-electron chi connectivity index (χ0n) is 9.81. The molecule has 1 aromatic heterocycles. The van der Waals surface area contributed by atoms with Crippen LogP contribution in [0.3, 0.4) is 0 Å². The van der Waals surface area contributed by atoms with Gasteiger partial charge in [-0.1, -0.05) is 6.07 Å². The van der Waals surface area contributed by atoms with E-state index < -0.39 is 0 Å². The molecule has 0 aromatic carbocycles. The second-order valence-corrected chi connectivity index (χ2v) is 5.71. The van der Waals surface area contributed by atoms with E-state index in [1.54, 1.807) is 0 Å². The summed E-state index contributed by atoms with van der Waals surface area (Å²) >= 11 is 3.36. The fourth-order valence-electron chi connectivity index (χ4n) is 2.89. The highest BCUT2D eigenvalue weighted by Crippen LogP contribution is 2.28. The summed E-state index contributed by atoms with van der Waals surface area (Å²) in [5.74, 6) is 0. The van der Waals surface area contributed by atoms with Crippen LogP contribution in [0, 0.1) is 0 Å². The van der Waals surface area contributed by atoms with E-state index in [1.165, 1.54) is 18.4 Å². The number of ether oxygens (including phenoxy) is 1. The van der Waals surface area contributed by atoms with Gasteiger partial charge in [0.2, 0.25) is 0 Å². The quantitative estimate of drug-likeness (QED) is 0.800. The Kier molecular flexibility index (Phi) is 3.45. The fourth-order valence-corrected chi connectivity index (χ4v) is 3.13. The second kappa shape index (κ2) is 5.04. The lowest BCUT2D eigenvalue weighted by Gasteiger charge is -2.34. The minimum absolute atomic E-state index is 0.664. The monoisotopic (exact) mass is 296 g/mol. The summed E-state index contributed by atoms with van der Waals surface area (Å²) in [5.41, 5.74) is 1.32. The van der Waals surface area contributed by atoms with Crippen LogP contribution in [0.15, 0.2) is 22.9 Å². The van der Waals surface area contributed by atoms with Crippen molar-refractivity contribution in [2.75, 3.05) is 19.8 Å². The summed E-state index contributed by atoms with van der Waals surface area (Å²) in [6, 6.07) is 5.50. The Morgan fingerprint density at radius 2 is 2.06 bits per heavy atom. The van der Waals surface area contributed by atoms with Crippen LogP contribution < -0.4 is 0 Å². The van der Waals surface area contributed by atoms with Crippen LogP contribution in [0.4, 0.5) is 0 Å². The molecule has 0 spiro atoms. The fraction of sp³-hybridized carbons (Fsp3) is 0.615. The van der Waals surface area contributed by atoms with E-state index in [4.69, 9.17) is 4.74 Å². The molecule has 2 atom stereocenters. The van der Waals surface area contributed by atoms with Crippen LogP contribution in [0.2, 0.25) is 0 Å². The number of pyridine rings is 1. The van der Waals surface area contributed by atoms with Gasteiger partial charge in [-0.05, 0) is 46.8 Å². The Hall–Kier alpha value is -0.450. The lowest BCUT2D eigenvalue weighted by molar-refractivity contribution is -0.0137. The molecule has 2 unspecified atom stereocenters. The van der Waals surface area contributed by atoms with E-state index in [0.717, 1.165) is 30.8 Å². The van der Waals surface area contributed by atoms with E-state index in [2.05, 4.69) is 31.9 Å². The molecule has 2 aliphatic rings. The minimum Gasteiger partial charge on any atom is -0.378 e. The van der Waals surface area contributed by atoms with Crippen molar-refractivity contribution in [3.05, 3.63) is 28.5 Å². The summed E-state index contributed by atoms with van der Waals surface area (Å²) in [4.78, 5) is 6.90. The van der Waals surface area contributed by atoms with Crippen molar-refractivity contribution >= 4 is 15.9 Å². The molecule has 1 aromatic rings. The molecule has 0 radical (unpaired) electrons. The maximum absolute atomic E-state index is 5.59. The molecule has 92 valence electrons. The van der Waals surface area contributed by atoms with Crippen LogP contribution in [-0.2, 0) is 11.2 Å². The summed E-state index contributed by atoms with van der Waals surface area (Å²) in [6.45, 7) is 2.99. The number of nitrogens with zero attached hydrogens (tertiary/aromatic N) is 2. The molecule has 0 amide bonds. The number of morpholine rings is 1. The highest BCUT2D eigenvalue weighted by atomic mass is 79.9. The first kappa shape index (κ1) is 11.6. The predicted octanol–water partition coefficient (Wildman–Crippen LogP) is 2.25. The highest BCUT2D eigenvalue weighted by Gasteiger charge is 2.36. The van der Waals surface area contributed by atoms with Crippen molar-refractivity contribution in [3.8, 4) is 0 Å². The van der Waals surface area contributed by atoms with Gasteiger partial charge in [-0.3, -0.25) is 4.90 Å². The molecule has 0 saturated carbocycles. The number of aromatic nitrogens is 1. The van der Waals surface area contributed by atoms with Crippen LogP contribution in [0.5, 0.6) is 0 Å². The van der Waals surface area contributed by atoms with E-state index >= 15 is 0 Å². The second-order valence-electron chi connectivity index (χ2n) is 4.90. The van der Waals surface area contributed by atoms with Gasteiger partial charge in [0.15, 0.2) is 0 Å². The summed E-state index contributed by atoms with van der Waals surface area (Å²) in [5, 5.41) is 0. The minimum atomic E-state index is 0.664. The van der Waals surface area contributed by atoms with Gasteiger partial charge in [0.05, 0.1) is 13.2 Å². The van der Waals surface area contributed by atoms with Crippen LogP contribution in [0.1, 0.15) is 18.4 Å². The average Bonchev–Trinajstić information content (AvgIpc) is 2.58. The number of hydrogen-bond donors (Lipinski definition) is 0. The summed E-state index contributed by atoms with van der Waals surface area (Å²) in [7, 11) is 0. The summed E-state index contributed by atoms with van der Waals surface area (Å²) in [6.07, 6.45) is 5.67. The van der Waals surface area contributed by atoms with Gasteiger partial charge >= 0.3 is 0 Å². The smallest absolute Gasteiger partial charge is 0.106 e. The molecule has 2 saturated heterocycles. The van der Waals surface area contributed by atoms with E-state index in [1.807, 2.05) is 12.3 Å². The number of rotatable bonds is 3. The maximum atomic E-state index is 5.59. The third-order valence-electron chi connectivity index (χ3n) is 3.84. The van der Waals surface area contributed by atoms with Gasteiger partial charge in [0.25, 0.3) is 0 Å². The Bertz CT molecular complexity index is 366. The van der Waals surface area contributed by atoms with Gasteiger partial charge in [0, 0.05) is 24.8 Å². The third kappa shape index (κ3) is 2.54. The van der Waals surface area contributed by atoms with Gasteiger partial charge in [-0.2, -0.15) is 0 Å². The van der Waals surface area contributed by atoms with Gasteiger partial charge in [-0.25, -0.2) is 4.98 Å². The molecule has 3 nitrogen and oxygen atoms in total. The molecule has 0 N–H and O–H groups in total. The van der Waals surface area contributed by atoms with Gasteiger partial charge < -0.3 is 4.74 Å². The lowest BCUT2D eigenvalue weighted by atomic mass is 10.1. The molecular weight excluding hydrogens is 280 g/mol. The van der Waals surface area contributed by atoms with Crippen molar-refractivity contribution in [1.82, 2.24) is 9.88 Å². The van der Waals surface area contributed by atoms with E-state index in [0.29, 0.717) is 12.1 Å². The topological polar surface area (TPSA) is 25.4 Å². The SMILES string of the molecule is Brc1ccc(CCN2C3CCC2COC3)cn1. The lowest BCUT2D eigenvalue weighted by Crippen LogP contribution is -2.46. The van der Waals surface area contributed by atoms with E-state index in [-0.39, 0.29) is 0 Å². The molecule has 2 fully saturated rings.